The van der Waals surface area contributed by atoms with Crippen LogP contribution in [0, 0.1) is 11.6 Å². The van der Waals surface area contributed by atoms with Crippen LogP contribution < -0.4 is 5.32 Å². The number of amides is 1. The molecule has 4 nitrogen and oxygen atoms in total. The molecule has 1 amide bonds. The van der Waals surface area contributed by atoms with Gasteiger partial charge in [0.15, 0.2) is 0 Å². The third-order valence-corrected chi connectivity index (χ3v) is 3.82. The minimum absolute atomic E-state index is 0.0667. The third-order valence-electron chi connectivity index (χ3n) is 3.33. The highest BCUT2D eigenvalue weighted by Gasteiger charge is 2.29. The summed E-state index contributed by atoms with van der Waals surface area (Å²) in [4.78, 5) is 17.2. The minimum atomic E-state index is -0.849. The van der Waals surface area contributed by atoms with Crippen molar-refractivity contribution in [3.05, 3.63) is 64.1 Å². The summed E-state index contributed by atoms with van der Waals surface area (Å²) in [5.41, 5.74) is 1.29. The lowest BCUT2D eigenvalue weighted by molar-refractivity contribution is -0.125. The van der Waals surface area contributed by atoms with Crippen molar-refractivity contribution in [2.45, 2.75) is 12.5 Å². The fraction of sp³-hybridized carbons (Fsp3) is 0.125. The number of hydrogen-bond donors (Lipinski definition) is 1. The molecular formula is C16H11BrF2N2O2. The molecule has 0 fully saturated rings. The van der Waals surface area contributed by atoms with E-state index in [-0.39, 0.29) is 17.9 Å². The monoisotopic (exact) mass is 380 g/mol. The van der Waals surface area contributed by atoms with E-state index in [1.165, 1.54) is 24.3 Å². The van der Waals surface area contributed by atoms with E-state index in [0.29, 0.717) is 15.7 Å². The Kier molecular flexibility index (Phi) is 4.38. The second-order valence-electron chi connectivity index (χ2n) is 4.96. The van der Waals surface area contributed by atoms with Crippen LogP contribution in [0.4, 0.5) is 14.5 Å². The molecule has 2 aromatic rings. The minimum Gasteiger partial charge on any atom is -0.382 e. The number of anilines is 1. The molecule has 1 aliphatic rings. The van der Waals surface area contributed by atoms with Gasteiger partial charge in [-0.25, -0.2) is 8.78 Å². The lowest BCUT2D eigenvalue weighted by Crippen LogP contribution is -2.28. The highest BCUT2D eigenvalue weighted by atomic mass is 79.9. The first-order valence-electron chi connectivity index (χ1n) is 6.77. The van der Waals surface area contributed by atoms with Crippen molar-refractivity contribution in [3.8, 4) is 0 Å². The highest BCUT2D eigenvalue weighted by Crippen LogP contribution is 2.22. The first kappa shape index (κ1) is 15.6. The molecule has 1 aliphatic heterocycles. The smallest absolute Gasteiger partial charge is 0.268 e. The molecule has 0 bridgehead atoms. The highest BCUT2D eigenvalue weighted by molar-refractivity contribution is 9.10. The van der Waals surface area contributed by atoms with Gasteiger partial charge in [-0.1, -0.05) is 33.2 Å². The zero-order valence-electron chi connectivity index (χ0n) is 11.7. The zero-order chi connectivity index (χ0) is 16.4. The number of halogens is 3. The van der Waals surface area contributed by atoms with Gasteiger partial charge >= 0.3 is 0 Å². The number of nitrogens with zero attached hydrogens (tertiary/aromatic N) is 1. The Hall–Kier alpha value is -2.28. The Labute approximate surface area is 139 Å². The number of rotatable bonds is 3. The summed E-state index contributed by atoms with van der Waals surface area (Å²) in [6, 6.07) is 10.1. The van der Waals surface area contributed by atoms with Gasteiger partial charge < -0.3 is 10.2 Å². The second kappa shape index (κ2) is 6.45. The van der Waals surface area contributed by atoms with Crippen LogP contribution in [0.15, 0.2) is 52.1 Å². The van der Waals surface area contributed by atoms with Crippen LogP contribution in [0.3, 0.4) is 0 Å². The molecule has 1 unspecified atom stereocenters. The maximum atomic E-state index is 13.7. The summed E-state index contributed by atoms with van der Waals surface area (Å²) < 4.78 is 27.2. The molecule has 3 rings (SSSR count). The predicted octanol–water partition coefficient (Wildman–Crippen LogP) is 3.86. The number of oxime groups is 1. The van der Waals surface area contributed by atoms with E-state index in [1.807, 2.05) is 0 Å². The van der Waals surface area contributed by atoms with Crippen molar-refractivity contribution in [1.29, 1.82) is 0 Å². The molecule has 0 saturated heterocycles. The van der Waals surface area contributed by atoms with Gasteiger partial charge in [0.25, 0.3) is 5.91 Å². The van der Waals surface area contributed by atoms with Gasteiger partial charge in [0, 0.05) is 10.9 Å². The third kappa shape index (κ3) is 3.56. The second-order valence-corrected chi connectivity index (χ2v) is 5.87. The Morgan fingerprint density at radius 1 is 1.22 bits per heavy atom. The van der Waals surface area contributed by atoms with Crippen molar-refractivity contribution < 1.29 is 18.4 Å². The van der Waals surface area contributed by atoms with Crippen LogP contribution in [0.2, 0.25) is 0 Å². The van der Waals surface area contributed by atoms with Crippen LogP contribution in [-0.4, -0.2) is 17.7 Å². The van der Waals surface area contributed by atoms with Crippen LogP contribution in [0.5, 0.6) is 0 Å². The van der Waals surface area contributed by atoms with Crippen molar-refractivity contribution in [1.82, 2.24) is 0 Å². The molecule has 1 heterocycles. The summed E-state index contributed by atoms with van der Waals surface area (Å²) >= 11 is 3.15. The Morgan fingerprint density at radius 2 is 1.96 bits per heavy atom. The number of carbonyl (C=O) groups excluding carboxylic acids is 1. The van der Waals surface area contributed by atoms with E-state index in [1.54, 1.807) is 18.2 Å². The number of benzene rings is 2. The maximum Gasteiger partial charge on any atom is 0.268 e. The topological polar surface area (TPSA) is 50.7 Å². The first-order valence-corrected chi connectivity index (χ1v) is 7.57. The zero-order valence-corrected chi connectivity index (χ0v) is 13.3. The molecule has 118 valence electrons. The van der Waals surface area contributed by atoms with Gasteiger partial charge in [0.1, 0.15) is 11.6 Å². The molecule has 0 radical (unpaired) electrons. The standard InChI is InChI=1S/C16H11BrF2N2O2/c17-10-3-6-13(12(19)7-10)20-16(22)15-8-14(21-23-15)9-1-4-11(18)5-2-9/h1-7,15H,8H2,(H,20,22). The first-order chi connectivity index (χ1) is 11.0. The fourth-order valence-electron chi connectivity index (χ4n) is 2.13. The summed E-state index contributed by atoms with van der Waals surface area (Å²) in [5, 5.41) is 6.32. The average Bonchev–Trinajstić information content (AvgIpc) is 3.01. The van der Waals surface area contributed by atoms with E-state index in [0.717, 1.165) is 0 Å². The summed E-state index contributed by atoms with van der Waals surface area (Å²) in [6.07, 6.45) is -0.617. The van der Waals surface area contributed by atoms with Gasteiger partial charge in [-0.05, 0) is 35.9 Å². The average molecular weight is 381 g/mol. The van der Waals surface area contributed by atoms with E-state index >= 15 is 0 Å². The molecule has 0 aromatic heterocycles. The van der Waals surface area contributed by atoms with Crippen molar-refractivity contribution >= 4 is 33.2 Å². The van der Waals surface area contributed by atoms with Gasteiger partial charge in [-0.2, -0.15) is 0 Å². The number of carbonyl (C=O) groups is 1. The van der Waals surface area contributed by atoms with Crippen LogP contribution in [0.25, 0.3) is 0 Å². The van der Waals surface area contributed by atoms with Crippen LogP contribution in [0.1, 0.15) is 12.0 Å². The Morgan fingerprint density at radius 3 is 2.65 bits per heavy atom. The molecule has 0 saturated carbocycles. The van der Waals surface area contributed by atoms with E-state index in [2.05, 4.69) is 26.4 Å². The van der Waals surface area contributed by atoms with Gasteiger partial charge in [-0.15, -0.1) is 0 Å². The largest absolute Gasteiger partial charge is 0.382 e. The van der Waals surface area contributed by atoms with Crippen molar-refractivity contribution in [2.75, 3.05) is 5.32 Å². The molecule has 2 aromatic carbocycles. The van der Waals surface area contributed by atoms with Gasteiger partial charge in [0.05, 0.1) is 11.4 Å². The van der Waals surface area contributed by atoms with E-state index < -0.39 is 17.8 Å². The number of hydrogen-bond acceptors (Lipinski definition) is 3. The summed E-state index contributed by atoms with van der Waals surface area (Å²) in [7, 11) is 0. The molecule has 0 aliphatic carbocycles. The van der Waals surface area contributed by atoms with E-state index in [4.69, 9.17) is 4.84 Å². The molecule has 23 heavy (non-hydrogen) atoms. The summed E-state index contributed by atoms with van der Waals surface area (Å²) in [5.74, 6) is -1.40. The Bertz CT molecular complexity index is 778. The number of nitrogens with one attached hydrogen (secondary N) is 1. The summed E-state index contributed by atoms with van der Waals surface area (Å²) in [6.45, 7) is 0. The molecule has 1 N–H and O–H groups in total. The Balaban J connectivity index is 1.65. The SMILES string of the molecule is O=C(Nc1ccc(Br)cc1F)C1CC(c2ccc(F)cc2)=NO1. The lowest BCUT2D eigenvalue weighted by Gasteiger charge is -2.10. The molecule has 7 heteroatoms. The predicted molar refractivity (Wildman–Crippen MR) is 85.2 cm³/mol. The molecule has 1 atom stereocenters. The van der Waals surface area contributed by atoms with Gasteiger partial charge in [0.2, 0.25) is 6.10 Å². The van der Waals surface area contributed by atoms with Crippen LogP contribution in [-0.2, 0) is 9.63 Å². The quantitative estimate of drug-likeness (QED) is 0.878. The fourth-order valence-corrected chi connectivity index (χ4v) is 2.47. The van der Waals surface area contributed by atoms with Crippen molar-refractivity contribution in [2.24, 2.45) is 5.16 Å². The lowest BCUT2D eigenvalue weighted by atomic mass is 10.0. The van der Waals surface area contributed by atoms with Crippen LogP contribution >= 0.6 is 15.9 Å². The normalized spacial score (nSPS) is 16.7. The van der Waals surface area contributed by atoms with Crippen molar-refractivity contribution in [3.63, 3.8) is 0 Å². The molecule has 0 spiro atoms. The maximum absolute atomic E-state index is 13.7. The van der Waals surface area contributed by atoms with Gasteiger partial charge in [-0.3, -0.25) is 4.79 Å². The van der Waals surface area contributed by atoms with E-state index in [9.17, 15) is 13.6 Å². The molecular weight excluding hydrogens is 370 g/mol.